The van der Waals surface area contributed by atoms with Gasteiger partial charge in [-0.05, 0) is 49.7 Å². The molecule has 1 amide bonds. The summed E-state index contributed by atoms with van der Waals surface area (Å²) in [6.07, 6.45) is 0. The molecule has 164 valence electrons. The summed E-state index contributed by atoms with van der Waals surface area (Å²) in [4.78, 5) is 30.9. The Kier molecular flexibility index (Phi) is 6.57. The molecule has 1 unspecified atom stereocenters. The zero-order chi connectivity index (χ0) is 23.4. The Morgan fingerprint density at radius 1 is 1.12 bits per heavy atom. The van der Waals surface area contributed by atoms with Gasteiger partial charge < -0.3 is 5.32 Å². The number of aromatic nitrogens is 2. The van der Waals surface area contributed by atoms with E-state index in [1.807, 2.05) is 43.3 Å². The van der Waals surface area contributed by atoms with Gasteiger partial charge in [0.2, 0.25) is 5.91 Å². The third-order valence-corrected chi connectivity index (χ3v) is 6.29. The van der Waals surface area contributed by atoms with Crippen LogP contribution in [0.25, 0.3) is 10.9 Å². The number of fused-ring (bicyclic) bond motifs is 1. The van der Waals surface area contributed by atoms with Crippen molar-refractivity contribution in [3.05, 3.63) is 99.8 Å². The van der Waals surface area contributed by atoms with Gasteiger partial charge in [-0.25, -0.2) is 4.98 Å². The lowest BCUT2D eigenvalue weighted by atomic mass is 10.1. The number of para-hydroxylation sites is 1. The summed E-state index contributed by atoms with van der Waals surface area (Å²) >= 11 is 1.23. The molecule has 33 heavy (non-hydrogen) atoms. The number of carbonyl (C=O) groups is 1. The molecule has 6 nitrogen and oxygen atoms in total. The number of carbonyl (C=O) groups excluding carboxylic acids is 1. The fourth-order valence-electron chi connectivity index (χ4n) is 3.38. The summed E-state index contributed by atoms with van der Waals surface area (Å²) in [6.45, 7) is 4.14. The summed E-state index contributed by atoms with van der Waals surface area (Å²) in [5.41, 5.74) is 3.60. The van der Waals surface area contributed by atoms with Crippen molar-refractivity contribution in [2.24, 2.45) is 0 Å². The van der Waals surface area contributed by atoms with Gasteiger partial charge in [-0.1, -0.05) is 59.8 Å². The van der Waals surface area contributed by atoms with Gasteiger partial charge in [0.1, 0.15) is 0 Å². The van der Waals surface area contributed by atoms with Crippen LogP contribution in [-0.2, 0) is 11.3 Å². The molecule has 0 radical (unpaired) electrons. The maximum absolute atomic E-state index is 13.3. The molecule has 0 aliphatic rings. The fourth-order valence-corrected chi connectivity index (χ4v) is 4.28. The maximum atomic E-state index is 13.3. The van der Waals surface area contributed by atoms with Crippen molar-refractivity contribution in [2.75, 3.05) is 5.32 Å². The van der Waals surface area contributed by atoms with Crippen molar-refractivity contribution in [3.8, 4) is 6.07 Å². The van der Waals surface area contributed by atoms with Crippen LogP contribution in [0.15, 0.2) is 82.7 Å². The normalized spacial score (nSPS) is 11.7. The number of amides is 1. The molecule has 0 saturated carbocycles. The average Bonchev–Trinajstić information content (AvgIpc) is 2.83. The van der Waals surface area contributed by atoms with Gasteiger partial charge in [0.05, 0.1) is 34.3 Å². The van der Waals surface area contributed by atoms with Crippen LogP contribution in [-0.4, -0.2) is 20.7 Å². The summed E-state index contributed by atoms with van der Waals surface area (Å²) < 4.78 is 1.62. The molecule has 7 heteroatoms. The number of aryl methyl sites for hydroxylation is 1. The van der Waals surface area contributed by atoms with Crippen molar-refractivity contribution in [2.45, 2.75) is 30.8 Å². The van der Waals surface area contributed by atoms with E-state index in [1.54, 1.807) is 47.9 Å². The second-order valence-electron chi connectivity index (χ2n) is 7.73. The van der Waals surface area contributed by atoms with Crippen LogP contribution in [0.1, 0.15) is 23.6 Å². The Balaban J connectivity index is 1.65. The van der Waals surface area contributed by atoms with Crippen LogP contribution >= 0.6 is 11.8 Å². The standard InChI is InChI=1S/C26H22N4O2S/c1-17-10-12-19(13-11-17)16-30-25(32)22-8-3-4-9-23(22)29-26(30)33-18(2)24(31)28-21-7-5-6-20(14-21)15-27/h3-14,18H,16H2,1-2H3,(H,28,31). The molecule has 4 rings (SSSR count). The third kappa shape index (κ3) is 5.13. The molecule has 0 saturated heterocycles. The second-order valence-corrected chi connectivity index (χ2v) is 9.04. The Morgan fingerprint density at radius 2 is 1.88 bits per heavy atom. The van der Waals surface area contributed by atoms with Gasteiger partial charge >= 0.3 is 0 Å². The van der Waals surface area contributed by atoms with E-state index in [9.17, 15) is 9.59 Å². The van der Waals surface area contributed by atoms with E-state index in [4.69, 9.17) is 10.2 Å². The first-order valence-corrected chi connectivity index (χ1v) is 11.4. The van der Waals surface area contributed by atoms with Gasteiger partial charge in [0, 0.05) is 5.69 Å². The van der Waals surface area contributed by atoms with Crippen LogP contribution in [0.2, 0.25) is 0 Å². The first-order chi connectivity index (χ1) is 15.9. The molecule has 4 aromatic rings. The molecule has 1 atom stereocenters. The molecular formula is C26H22N4O2S. The van der Waals surface area contributed by atoms with Crippen molar-refractivity contribution < 1.29 is 4.79 Å². The van der Waals surface area contributed by atoms with Crippen molar-refractivity contribution in [3.63, 3.8) is 0 Å². The number of rotatable bonds is 6. The molecule has 0 bridgehead atoms. The lowest BCUT2D eigenvalue weighted by Crippen LogP contribution is -2.27. The van der Waals surface area contributed by atoms with E-state index >= 15 is 0 Å². The molecule has 0 aliphatic heterocycles. The number of hydrogen-bond acceptors (Lipinski definition) is 5. The third-order valence-electron chi connectivity index (χ3n) is 5.20. The molecule has 1 N–H and O–H groups in total. The van der Waals surface area contributed by atoms with E-state index in [1.165, 1.54) is 11.8 Å². The molecule has 3 aromatic carbocycles. The maximum Gasteiger partial charge on any atom is 0.262 e. The summed E-state index contributed by atoms with van der Waals surface area (Å²) in [5.74, 6) is -0.237. The second kappa shape index (κ2) is 9.72. The van der Waals surface area contributed by atoms with E-state index in [0.717, 1.165) is 11.1 Å². The van der Waals surface area contributed by atoms with Crippen LogP contribution in [0.4, 0.5) is 5.69 Å². The lowest BCUT2D eigenvalue weighted by Gasteiger charge is -2.17. The Bertz CT molecular complexity index is 1420. The van der Waals surface area contributed by atoms with E-state index in [2.05, 4.69) is 11.4 Å². The Labute approximate surface area is 195 Å². The van der Waals surface area contributed by atoms with Gasteiger partial charge in [-0.15, -0.1) is 0 Å². The molecule has 1 heterocycles. The van der Waals surface area contributed by atoms with E-state index in [0.29, 0.717) is 33.9 Å². The summed E-state index contributed by atoms with van der Waals surface area (Å²) in [5, 5.41) is 12.4. The van der Waals surface area contributed by atoms with Crippen molar-refractivity contribution in [1.82, 2.24) is 9.55 Å². The van der Waals surface area contributed by atoms with Gasteiger partial charge in [0.15, 0.2) is 5.16 Å². The number of hydrogen-bond donors (Lipinski definition) is 1. The monoisotopic (exact) mass is 454 g/mol. The predicted octanol–water partition coefficient (Wildman–Crippen LogP) is 4.74. The van der Waals surface area contributed by atoms with Crippen LogP contribution in [0, 0.1) is 18.3 Å². The van der Waals surface area contributed by atoms with E-state index in [-0.39, 0.29) is 11.5 Å². The number of benzene rings is 3. The Hall–Kier alpha value is -3.89. The highest BCUT2D eigenvalue weighted by Gasteiger charge is 2.20. The first kappa shape index (κ1) is 22.3. The Morgan fingerprint density at radius 3 is 2.64 bits per heavy atom. The molecule has 0 spiro atoms. The highest BCUT2D eigenvalue weighted by atomic mass is 32.2. The SMILES string of the molecule is Cc1ccc(Cn2c(SC(C)C(=O)Nc3cccc(C#N)c3)nc3ccccc3c2=O)cc1. The highest BCUT2D eigenvalue weighted by Crippen LogP contribution is 2.24. The largest absolute Gasteiger partial charge is 0.325 e. The van der Waals surface area contributed by atoms with Gasteiger partial charge in [0.25, 0.3) is 5.56 Å². The number of nitriles is 1. The van der Waals surface area contributed by atoms with Gasteiger partial charge in [-0.2, -0.15) is 5.26 Å². The number of anilines is 1. The highest BCUT2D eigenvalue weighted by molar-refractivity contribution is 8.00. The van der Waals surface area contributed by atoms with Crippen LogP contribution < -0.4 is 10.9 Å². The van der Waals surface area contributed by atoms with Crippen molar-refractivity contribution >= 4 is 34.3 Å². The van der Waals surface area contributed by atoms with E-state index < -0.39 is 5.25 Å². The van der Waals surface area contributed by atoms with Gasteiger partial charge in [-0.3, -0.25) is 14.2 Å². The molecule has 0 aliphatic carbocycles. The topological polar surface area (TPSA) is 87.8 Å². The molecular weight excluding hydrogens is 432 g/mol. The fraction of sp³-hybridized carbons (Fsp3) is 0.154. The quantitative estimate of drug-likeness (QED) is 0.336. The summed E-state index contributed by atoms with van der Waals surface area (Å²) in [6, 6.07) is 24.0. The zero-order valence-corrected chi connectivity index (χ0v) is 19.1. The number of thioether (sulfide) groups is 1. The smallest absolute Gasteiger partial charge is 0.262 e. The number of nitrogens with zero attached hydrogens (tertiary/aromatic N) is 3. The van der Waals surface area contributed by atoms with Crippen LogP contribution in [0.5, 0.6) is 0 Å². The minimum Gasteiger partial charge on any atom is -0.325 e. The first-order valence-electron chi connectivity index (χ1n) is 10.5. The lowest BCUT2D eigenvalue weighted by molar-refractivity contribution is -0.115. The average molecular weight is 455 g/mol. The van der Waals surface area contributed by atoms with Crippen LogP contribution in [0.3, 0.4) is 0 Å². The minimum absolute atomic E-state index is 0.141. The number of nitrogens with one attached hydrogen (secondary N) is 1. The zero-order valence-electron chi connectivity index (χ0n) is 18.3. The van der Waals surface area contributed by atoms with Crippen molar-refractivity contribution in [1.29, 1.82) is 5.26 Å². The summed E-state index contributed by atoms with van der Waals surface area (Å²) in [7, 11) is 0. The predicted molar refractivity (Wildman–Crippen MR) is 131 cm³/mol. The molecule has 0 fully saturated rings. The minimum atomic E-state index is -0.520. The molecule has 1 aromatic heterocycles.